The number of amides is 2. The molecule has 0 aliphatic carbocycles. The molecule has 5 nitrogen and oxygen atoms in total. The Morgan fingerprint density at radius 1 is 1.33 bits per heavy atom. The molecule has 2 amide bonds. The highest BCUT2D eigenvalue weighted by molar-refractivity contribution is 7.98. The first kappa shape index (κ1) is 17.2. The maximum Gasteiger partial charge on any atom is 0.338 e. The summed E-state index contributed by atoms with van der Waals surface area (Å²) in [6, 6.07) is 0.498. The molecule has 116 valence electrons. The number of carboxylic acids is 1. The standard InChI is InChI=1S/C13H16F2N2O3S/c1-7(6-21-2)5-16-13(20)17-11-3-8(12(18)19)9(14)4-10(11)15/h3-4,7H,5-6H2,1-2H3,(H,18,19)(H2,16,17,20). The van der Waals surface area contributed by atoms with Gasteiger partial charge in [0.2, 0.25) is 0 Å². The first-order chi connectivity index (χ1) is 9.85. The molecule has 1 aromatic rings. The second-order valence-corrected chi connectivity index (χ2v) is 5.42. The molecule has 1 unspecified atom stereocenters. The lowest BCUT2D eigenvalue weighted by Crippen LogP contribution is -2.33. The highest BCUT2D eigenvalue weighted by Gasteiger charge is 2.16. The summed E-state index contributed by atoms with van der Waals surface area (Å²) in [5.41, 5.74) is -1.09. The van der Waals surface area contributed by atoms with Gasteiger partial charge < -0.3 is 15.7 Å². The molecule has 0 bridgehead atoms. The molecule has 0 radical (unpaired) electrons. The van der Waals surface area contributed by atoms with Crippen LogP contribution in [0.5, 0.6) is 0 Å². The van der Waals surface area contributed by atoms with Crippen LogP contribution < -0.4 is 10.6 Å². The van der Waals surface area contributed by atoms with Gasteiger partial charge in [-0.2, -0.15) is 11.8 Å². The van der Waals surface area contributed by atoms with Gasteiger partial charge in [-0.1, -0.05) is 6.92 Å². The van der Waals surface area contributed by atoms with Gasteiger partial charge in [0.05, 0.1) is 11.3 Å². The van der Waals surface area contributed by atoms with Crippen LogP contribution in [0.3, 0.4) is 0 Å². The van der Waals surface area contributed by atoms with Crippen molar-refractivity contribution < 1.29 is 23.5 Å². The normalized spacial score (nSPS) is 11.8. The van der Waals surface area contributed by atoms with Gasteiger partial charge in [-0.25, -0.2) is 18.4 Å². The number of aromatic carboxylic acids is 1. The van der Waals surface area contributed by atoms with Crippen LogP contribution in [0, 0.1) is 17.6 Å². The number of carbonyl (C=O) groups excluding carboxylic acids is 1. The minimum atomic E-state index is -1.54. The summed E-state index contributed by atoms with van der Waals surface area (Å²) in [5, 5.41) is 13.5. The third kappa shape index (κ3) is 5.22. The predicted molar refractivity (Wildman–Crippen MR) is 77.9 cm³/mol. The molecule has 0 aliphatic heterocycles. The van der Waals surface area contributed by atoms with Crippen molar-refractivity contribution in [3.05, 3.63) is 29.3 Å². The minimum Gasteiger partial charge on any atom is -0.478 e. The molecule has 21 heavy (non-hydrogen) atoms. The molecule has 0 heterocycles. The Bertz CT molecular complexity index is 540. The number of carboxylic acid groups (broad SMARTS) is 1. The zero-order valence-corrected chi connectivity index (χ0v) is 12.4. The van der Waals surface area contributed by atoms with Gasteiger partial charge in [-0.15, -0.1) is 0 Å². The van der Waals surface area contributed by atoms with Gasteiger partial charge in [0.1, 0.15) is 11.6 Å². The van der Waals surface area contributed by atoms with Crippen LogP contribution in [0.25, 0.3) is 0 Å². The van der Waals surface area contributed by atoms with Gasteiger partial charge in [-0.05, 0) is 24.0 Å². The fraction of sp³-hybridized carbons (Fsp3) is 0.385. The number of thioether (sulfide) groups is 1. The smallest absolute Gasteiger partial charge is 0.338 e. The predicted octanol–water partition coefficient (Wildman–Crippen LogP) is 2.78. The molecule has 3 N–H and O–H groups in total. The Labute approximate surface area is 125 Å². The summed E-state index contributed by atoms with van der Waals surface area (Å²) in [5.74, 6) is -2.68. The lowest BCUT2D eigenvalue weighted by Gasteiger charge is -2.13. The molecule has 0 aliphatic rings. The highest BCUT2D eigenvalue weighted by atomic mass is 32.2. The van der Waals surface area contributed by atoms with E-state index in [0.717, 1.165) is 11.8 Å². The number of nitrogens with one attached hydrogen (secondary N) is 2. The second kappa shape index (κ2) is 7.82. The Morgan fingerprint density at radius 3 is 2.57 bits per heavy atom. The molecular weight excluding hydrogens is 302 g/mol. The molecule has 0 saturated carbocycles. The number of hydrogen-bond acceptors (Lipinski definition) is 3. The van der Waals surface area contributed by atoms with E-state index in [9.17, 15) is 18.4 Å². The summed E-state index contributed by atoms with van der Waals surface area (Å²) in [6.07, 6.45) is 1.94. The molecule has 8 heteroatoms. The van der Waals surface area contributed by atoms with Crippen LogP contribution >= 0.6 is 11.8 Å². The van der Waals surface area contributed by atoms with Crippen molar-refractivity contribution in [1.82, 2.24) is 5.32 Å². The quantitative estimate of drug-likeness (QED) is 0.753. The summed E-state index contributed by atoms with van der Waals surface area (Å²) >= 11 is 1.64. The van der Waals surface area contributed by atoms with Crippen molar-refractivity contribution >= 4 is 29.4 Å². The van der Waals surface area contributed by atoms with Crippen LogP contribution in [0.1, 0.15) is 17.3 Å². The molecule has 1 atom stereocenters. The third-order valence-corrected chi connectivity index (χ3v) is 3.50. The molecule has 0 fully saturated rings. The van der Waals surface area contributed by atoms with E-state index in [1.54, 1.807) is 11.8 Å². The monoisotopic (exact) mass is 318 g/mol. The molecule has 1 rings (SSSR count). The first-order valence-electron chi connectivity index (χ1n) is 6.11. The van der Waals surface area contributed by atoms with E-state index in [4.69, 9.17) is 5.11 Å². The number of rotatable bonds is 6. The number of carbonyl (C=O) groups is 2. The van der Waals surface area contributed by atoms with E-state index in [0.29, 0.717) is 12.6 Å². The SMILES string of the molecule is CSCC(C)CNC(=O)Nc1cc(C(=O)O)c(F)cc1F. The van der Waals surface area contributed by atoms with Gasteiger partial charge in [0, 0.05) is 12.6 Å². The number of hydrogen-bond donors (Lipinski definition) is 3. The van der Waals surface area contributed by atoms with Gasteiger partial charge >= 0.3 is 12.0 Å². The summed E-state index contributed by atoms with van der Waals surface area (Å²) in [4.78, 5) is 22.4. The topological polar surface area (TPSA) is 78.4 Å². The maximum absolute atomic E-state index is 13.5. The van der Waals surface area contributed by atoms with Crippen molar-refractivity contribution in [3.8, 4) is 0 Å². The summed E-state index contributed by atoms with van der Waals surface area (Å²) < 4.78 is 26.7. The van der Waals surface area contributed by atoms with Crippen molar-refractivity contribution in [2.24, 2.45) is 5.92 Å². The van der Waals surface area contributed by atoms with Gasteiger partial charge in [0.15, 0.2) is 0 Å². The van der Waals surface area contributed by atoms with Crippen LogP contribution in [0.2, 0.25) is 0 Å². The fourth-order valence-corrected chi connectivity index (χ4v) is 2.27. The van der Waals surface area contributed by atoms with Crippen molar-refractivity contribution in [3.63, 3.8) is 0 Å². The molecule has 0 aromatic heterocycles. The Kier molecular flexibility index (Phi) is 6.41. The number of halogens is 2. The van der Waals surface area contributed by atoms with Crippen LogP contribution in [-0.2, 0) is 0 Å². The van der Waals surface area contributed by atoms with E-state index in [1.807, 2.05) is 13.2 Å². The first-order valence-corrected chi connectivity index (χ1v) is 7.50. The van der Waals surface area contributed by atoms with Gasteiger partial charge in [-0.3, -0.25) is 0 Å². The van der Waals surface area contributed by atoms with E-state index in [2.05, 4.69) is 10.6 Å². The zero-order valence-electron chi connectivity index (χ0n) is 11.6. The Hall–Kier alpha value is -1.83. The lowest BCUT2D eigenvalue weighted by molar-refractivity contribution is 0.0692. The van der Waals surface area contributed by atoms with Crippen molar-refractivity contribution in [1.29, 1.82) is 0 Å². The largest absolute Gasteiger partial charge is 0.478 e. The van der Waals surface area contributed by atoms with E-state index in [-0.39, 0.29) is 11.6 Å². The zero-order chi connectivity index (χ0) is 16.0. The summed E-state index contributed by atoms with van der Waals surface area (Å²) in [7, 11) is 0. The maximum atomic E-state index is 13.5. The molecule has 0 spiro atoms. The Morgan fingerprint density at radius 2 is 2.00 bits per heavy atom. The number of benzene rings is 1. The lowest BCUT2D eigenvalue weighted by atomic mass is 10.2. The van der Waals surface area contributed by atoms with Crippen LogP contribution in [0.15, 0.2) is 12.1 Å². The van der Waals surface area contributed by atoms with E-state index >= 15 is 0 Å². The van der Waals surface area contributed by atoms with Gasteiger partial charge in [0.25, 0.3) is 0 Å². The number of urea groups is 1. The van der Waals surface area contributed by atoms with Crippen molar-refractivity contribution in [2.45, 2.75) is 6.92 Å². The van der Waals surface area contributed by atoms with E-state index in [1.165, 1.54) is 0 Å². The van der Waals surface area contributed by atoms with Crippen LogP contribution in [0.4, 0.5) is 19.3 Å². The molecular formula is C13H16F2N2O3S. The fourth-order valence-electron chi connectivity index (χ4n) is 1.59. The Balaban J connectivity index is 2.72. The average Bonchev–Trinajstić information content (AvgIpc) is 2.39. The van der Waals surface area contributed by atoms with Crippen LogP contribution in [-0.4, -0.2) is 35.7 Å². The highest BCUT2D eigenvalue weighted by Crippen LogP contribution is 2.19. The summed E-state index contributed by atoms with van der Waals surface area (Å²) in [6.45, 7) is 2.33. The third-order valence-electron chi connectivity index (χ3n) is 2.60. The second-order valence-electron chi connectivity index (χ2n) is 4.51. The molecule has 1 aromatic carbocycles. The van der Waals surface area contributed by atoms with E-state index < -0.39 is 29.2 Å². The average molecular weight is 318 g/mol. The molecule has 0 saturated heterocycles. The number of anilines is 1. The van der Waals surface area contributed by atoms with Crippen molar-refractivity contribution in [2.75, 3.05) is 23.9 Å². The minimum absolute atomic E-state index is 0.235.